The standard InChI is InChI=1S/C24H31NO6/c1-11(2)23-18(31-23)15-8-22(15)21(3)6-5-12-13(10-28-19(12)27)14(21)7-16-24(22,30-16)20(23)29-17(26)9-25-4/h11,14-16,18,20,25H,5-10H2,1-4H3/t14-,15-,16-,18-,20+,21-,22-,23-,24+/m0/s1. The molecule has 0 radical (unpaired) electrons. The zero-order valence-corrected chi connectivity index (χ0v) is 18.7. The normalized spacial score (nSPS) is 54.6. The number of esters is 2. The van der Waals surface area contributed by atoms with E-state index in [0.717, 1.165) is 31.3 Å². The number of ether oxygens (including phenoxy) is 4. The molecule has 9 atom stereocenters. The third-order valence-electron chi connectivity index (χ3n) is 10.4. The molecule has 0 aromatic carbocycles. The second-order valence-corrected chi connectivity index (χ2v) is 11.4. The van der Waals surface area contributed by atoms with Crippen molar-refractivity contribution in [1.82, 2.24) is 5.32 Å². The van der Waals surface area contributed by atoms with Crippen LogP contribution in [0.4, 0.5) is 0 Å². The van der Waals surface area contributed by atoms with E-state index in [1.165, 1.54) is 5.57 Å². The van der Waals surface area contributed by atoms with Crippen LogP contribution < -0.4 is 5.32 Å². The number of likely N-dealkylation sites (N-methyl/N-ethyl adjacent to an activating group) is 1. The number of hydrogen-bond acceptors (Lipinski definition) is 7. The van der Waals surface area contributed by atoms with Crippen LogP contribution in [0.25, 0.3) is 0 Å². The van der Waals surface area contributed by atoms with Gasteiger partial charge in [-0.2, -0.15) is 0 Å². The molecule has 7 rings (SSSR count). The first-order valence-electron chi connectivity index (χ1n) is 11.9. The number of rotatable bonds is 4. The quantitative estimate of drug-likeness (QED) is 0.538. The lowest BCUT2D eigenvalue weighted by Crippen LogP contribution is -2.66. The van der Waals surface area contributed by atoms with E-state index in [-0.39, 0.29) is 53.5 Å². The highest BCUT2D eigenvalue weighted by molar-refractivity contribution is 5.92. The van der Waals surface area contributed by atoms with E-state index in [1.807, 2.05) is 0 Å². The highest BCUT2D eigenvalue weighted by Crippen LogP contribution is 2.90. The summed E-state index contributed by atoms with van der Waals surface area (Å²) >= 11 is 0. The number of nitrogens with one attached hydrogen (secondary N) is 1. The van der Waals surface area contributed by atoms with Crippen molar-refractivity contribution in [2.24, 2.45) is 28.6 Å². The average molecular weight is 430 g/mol. The van der Waals surface area contributed by atoms with Gasteiger partial charge in [0.05, 0.1) is 18.8 Å². The molecule has 1 N–H and O–H groups in total. The van der Waals surface area contributed by atoms with Crippen LogP contribution in [-0.2, 0) is 28.5 Å². The fourth-order valence-corrected chi connectivity index (χ4v) is 9.00. The Hall–Kier alpha value is -1.44. The first-order valence-corrected chi connectivity index (χ1v) is 11.9. The van der Waals surface area contributed by atoms with Gasteiger partial charge in [0.15, 0.2) is 6.10 Å². The van der Waals surface area contributed by atoms with E-state index in [9.17, 15) is 9.59 Å². The smallest absolute Gasteiger partial charge is 0.334 e. The lowest BCUT2D eigenvalue weighted by Gasteiger charge is -2.56. The Kier molecular flexibility index (Phi) is 3.30. The molecule has 0 aromatic heterocycles. The maximum Gasteiger partial charge on any atom is 0.334 e. The van der Waals surface area contributed by atoms with Crippen LogP contribution in [0.3, 0.4) is 0 Å². The Morgan fingerprint density at radius 1 is 1.32 bits per heavy atom. The summed E-state index contributed by atoms with van der Waals surface area (Å²) < 4.78 is 24.9. The molecule has 2 spiro atoms. The minimum Gasteiger partial charge on any atom is -0.458 e. The molecular formula is C24H31NO6. The summed E-state index contributed by atoms with van der Waals surface area (Å²) in [4.78, 5) is 25.0. The fraction of sp³-hybridized carbons (Fsp3) is 0.833. The van der Waals surface area contributed by atoms with Gasteiger partial charge >= 0.3 is 11.9 Å². The van der Waals surface area contributed by atoms with Crippen LogP contribution in [0.5, 0.6) is 0 Å². The van der Waals surface area contributed by atoms with E-state index >= 15 is 0 Å². The summed E-state index contributed by atoms with van der Waals surface area (Å²) in [6.45, 7) is 7.37. The largest absolute Gasteiger partial charge is 0.458 e. The van der Waals surface area contributed by atoms with Gasteiger partial charge in [-0.3, -0.25) is 4.79 Å². The molecular weight excluding hydrogens is 398 g/mol. The maximum absolute atomic E-state index is 12.7. The third kappa shape index (κ3) is 1.81. The zero-order valence-electron chi connectivity index (χ0n) is 18.7. The summed E-state index contributed by atoms with van der Waals surface area (Å²) in [6.07, 6.45) is 3.48. The average Bonchev–Trinajstić information content (AvgIpc) is 3.61. The molecule has 168 valence electrons. The molecule has 0 bridgehead atoms. The molecule has 0 aromatic rings. The number of carbonyl (C=O) groups is 2. The summed E-state index contributed by atoms with van der Waals surface area (Å²) in [6, 6.07) is 0. The number of fused-ring (bicyclic) bond motifs is 4. The second kappa shape index (κ2) is 5.37. The fourth-order valence-electron chi connectivity index (χ4n) is 9.00. The number of epoxide rings is 2. The lowest BCUT2D eigenvalue weighted by atomic mass is 9.45. The monoisotopic (exact) mass is 429 g/mol. The first-order chi connectivity index (χ1) is 14.8. The van der Waals surface area contributed by atoms with Crippen LogP contribution in [0.1, 0.15) is 46.5 Å². The predicted octanol–water partition coefficient (Wildman–Crippen LogP) is 1.74. The molecule has 4 aliphatic carbocycles. The van der Waals surface area contributed by atoms with Crippen molar-refractivity contribution in [1.29, 1.82) is 0 Å². The van der Waals surface area contributed by atoms with Gasteiger partial charge in [0.25, 0.3) is 0 Å². The van der Waals surface area contributed by atoms with Crippen molar-refractivity contribution in [3.63, 3.8) is 0 Å². The predicted molar refractivity (Wildman–Crippen MR) is 108 cm³/mol. The summed E-state index contributed by atoms with van der Waals surface area (Å²) in [7, 11) is 1.76. The molecule has 31 heavy (non-hydrogen) atoms. The van der Waals surface area contributed by atoms with Gasteiger partial charge in [0, 0.05) is 11.0 Å². The van der Waals surface area contributed by atoms with Crippen molar-refractivity contribution < 1.29 is 28.5 Å². The van der Waals surface area contributed by atoms with Crippen LogP contribution in [0.15, 0.2) is 11.1 Å². The second-order valence-electron chi connectivity index (χ2n) is 11.4. The molecule has 5 fully saturated rings. The topological polar surface area (TPSA) is 89.7 Å². The minimum atomic E-state index is -0.453. The summed E-state index contributed by atoms with van der Waals surface area (Å²) in [5.41, 5.74) is 1.19. The van der Waals surface area contributed by atoms with E-state index in [2.05, 4.69) is 26.1 Å². The van der Waals surface area contributed by atoms with Crippen molar-refractivity contribution in [2.45, 2.75) is 76.0 Å². The van der Waals surface area contributed by atoms with Crippen molar-refractivity contribution in [3.8, 4) is 0 Å². The molecule has 7 aliphatic rings. The number of cyclic esters (lactones) is 1. The van der Waals surface area contributed by atoms with E-state index < -0.39 is 11.2 Å². The molecule has 3 saturated carbocycles. The Morgan fingerprint density at radius 2 is 2.13 bits per heavy atom. The highest BCUT2D eigenvalue weighted by atomic mass is 16.7. The lowest BCUT2D eigenvalue weighted by molar-refractivity contribution is -0.171. The van der Waals surface area contributed by atoms with E-state index in [4.69, 9.17) is 18.9 Å². The molecule has 7 heteroatoms. The molecule has 3 heterocycles. The Labute approximate surface area is 182 Å². The number of hydrogen-bond donors (Lipinski definition) is 1. The van der Waals surface area contributed by atoms with Gasteiger partial charge in [0.1, 0.15) is 17.8 Å². The summed E-state index contributed by atoms with van der Waals surface area (Å²) in [5.74, 6) is 0.617. The van der Waals surface area contributed by atoms with Gasteiger partial charge in [-0.15, -0.1) is 0 Å². The molecule has 2 saturated heterocycles. The Balaban J connectivity index is 1.34. The van der Waals surface area contributed by atoms with E-state index in [0.29, 0.717) is 18.4 Å². The zero-order chi connectivity index (χ0) is 21.6. The van der Waals surface area contributed by atoms with Gasteiger partial charge in [-0.05, 0) is 61.5 Å². The van der Waals surface area contributed by atoms with Crippen LogP contribution in [0.2, 0.25) is 0 Å². The highest BCUT2D eigenvalue weighted by Gasteiger charge is 2.99. The molecule has 0 unspecified atom stereocenters. The van der Waals surface area contributed by atoms with Crippen molar-refractivity contribution in [3.05, 3.63) is 11.1 Å². The van der Waals surface area contributed by atoms with Gasteiger partial charge in [0.2, 0.25) is 0 Å². The van der Waals surface area contributed by atoms with Crippen LogP contribution >= 0.6 is 0 Å². The minimum absolute atomic E-state index is 0.000232. The third-order valence-corrected chi connectivity index (χ3v) is 10.4. The maximum atomic E-state index is 12.7. The Morgan fingerprint density at radius 3 is 2.87 bits per heavy atom. The summed E-state index contributed by atoms with van der Waals surface area (Å²) in [5, 5.41) is 2.92. The first kappa shape index (κ1) is 19.1. The van der Waals surface area contributed by atoms with Crippen molar-refractivity contribution in [2.75, 3.05) is 20.2 Å². The molecule has 7 nitrogen and oxygen atoms in total. The Bertz CT molecular complexity index is 960. The molecule has 0 amide bonds. The van der Waals surface area contributed by atoms with Crippen LogP contribution in [-0.4, -0.2) is 61.7 Å². The van der Waals surface area contributed by atoms with E-state index in [1.54, 1.807) is 7.05 Å². The molecule has 3 aliphatic heterocycles. The van der Waals surface area contributed by atoms with Crippen LogP contribution in [0, 0.1) is 28.6 Å². The SMILES string of the molecule is CNCC(=O)O[C@@H]1[C@@]2(C(C)C)O[C@H]2[C@@H]2C[C@]23[C@]12O[C@H]2C[C@H]1C2=C(CC[C@@]13C)C(=O)OC2. The van der Waals surface area contributed by atoms with Crippen molar-refractivity contribution >= 4 is 11.9 Å². The van der Waals surface area contributed by atoms with Gasteiger partial charge < -0.3 is 24.3 Å². The van der Waals surface area contributed by atoms with Gasteiger partial charge in [-0.25, -0.2) is 4.79 Å². The number of carbonyl (C=O) groups excluding carboxylic acids is 2. The van der Waals surface area contributed by atoms with Gasteiger partial charge in [-0.1, -0.05) is 20.8 Å².